The molecule has 3 atom stereocenters. The lowest BCUT2D eigenvalue weighted by atomic mass is 9.52. The van der Waals surface area contributed by atoms with E-state index in [-0.39, 0.29) is 11.8 Å². The van der Waals surface area contributed by atoms with Crippen molar-refractivity contribution in [3.05, 3.63) is 11.6 Å². The maximum absolute atomic E-state index is 11.0. The molecule has 0 spiro atoms. The van der Waals surface area contributed by atoms with Gasteiger partial charge < -0.3 is 10.8 Å². The van der Waals surface area contributed by atoms with Gasteiger partial charge in [-0.15, -0.1) is 0 Å². The van der Waals surface area contributed by atoms with Crippen LogP contribution in [0.5, 0.6) is 0 Å². The second-order valence-corrected chi connectivity index (χ2v) is 6.22. The van der Waals surface area contributed by atoms with Crippen molar-refractivity contribution in [3.8, 4) is 0 Å². The van der Waals surface area contributed by atoms with E-state index < -0.39 is 5.97 Å². The summed E-state index contributed by atoms with van der Waals surface area (Å²) in [5.41, 5.74) is 7.36. The van der Waals surface area contributed by atoms with E-state index in [0.29, 0.717) is 18.4 Å². The molecular weight excluding hydrogens is 214 g/mol. The number of carbonyl (C=O) groups is 1. The van der Waals surface area contributed by atoms with Gasteiger partial charge in [-0.2, -0.15) is 0 Å². The Balaban J connectivity index is 1.65. The molecule has 17 heavy (non-hydrogen) atoms. The van der Waals surface area contributed by atoms with Crippen LogP contribution in [0.25, 0.3) is 0 Å². The first kappa shape index (κ1) is 11.3. The number of rotatable bonds is 5. The molecule has 0 aromatic carbocycles. The summed E-state index contributed by atoms with van der Waals surface area (Å²) >= 11 is 0. The Labute approximate surface area is 102 Å². The molecule has 0 aromatic rings. The Morgan fingerprint density at radius 2 is 2.29 bits per heavy atom. The minimum absolute atomic E-state index is 0.0989. The molecule has 0 aromatic heterocycles. The summed E-state index contributed by atoms with van der Waals surface area (Å²) < 4.78 is 0. The Hall–Kier alpha value is -0.830. The van der Waals surface area contributed by atoms with Gasteiger partial charge in [-0.05, 0) is 61.8 Å². The van der Waals surface area contributed by atoms with E-state index in [0.717, 1.165) is 18.8 Å². The van der Waals surface area contributed by atoms with Crippen molar-refractivity contribution < 1.29 is 9.90 Å². The molecule has 2 fully saturated rings. The molecule has 2 saturated carbocycles. The van der Waals surface area contributed by atoms with E-state index in [9.17, 15) is 4.79 Å². The van der Waals surface area contributed by atoms with Gasteiger partial charge in [0.05, 0.1) is 6.42 Å². The van der Waals surface area contributed by atoms with Crippen LogP contribution in [0, 0.1) is 23.2 Å². The summed E-state index contributed by atoms with van der Waals surface area (Å²) in [4.78, 5) is 11.0. The molecule has 3 rings (SSSR count). The first-order valence-electron chi connectivity index (χ1n) is 6.75. The fourth-order valence-corrected chi connectivity index (χ4v) is 3.93. The zero-order valence-electron chi connectivity index (χ0n) is 10.2. The van der Waals surface area contributed by atoms with E-state index in [4.69, 9.17) is 10.8 Å². The first-order valence-corrected chi connectivity index (χ1v) is 6.75. The third-order valence-electron chi connectivity index (χ3n) is 5.14. The van der Waals surface area contributed by atoms with Gasteiger partial charge in [-0.3, -0.25) is 4.79 Å². The van der Waals surface area contributed by atoms with Crippen LogP contribution in [0.1, 0.15) is 38.5 Å². The zero-order chi connectivity index (χ0) is 12.0. The first-order chi connectivity index (χ1) is 8.14. The largest absolute Gasteiger partial charge is 0.481 e. The molecule has 0 aliphatic heterocycles. The number of allylic oxidation sites excluding steroid dienone is 2. The second kappa shape index (κ2) is 3.84. The summed E-state index contributed by atoms with van der Waals surface area (Å²) in [6.45, 7) is 0.533. The molecular formula is C14H21NO2. The van der Waals surface area contributed by atoms with Crippen molar-refractivity contribution in [3.63, 3.8) is 0 Å². The summed E-state index contributed by atoms with van der Waals surface area (Å²) in [7, 11) is 0. The van der Waals surface area contributed by atoms with Crippen molar-refractivity contribution in [1.29, 1.82) is 0 Å². The lowest BCUT2D eigenvalue weighted by molar-refractivity contribution is -0.145. The van der Waals surface area contributed by atoms with E-state index in [1.54, 1.807) is 5.57 Å². The quantitative estimate of drug-likeness (QED) is 0.718. The lowest BCUT2D eigenvalue weighted by Gasteiger charge is -2.53. The Bertz CT molecular complexity index is 372. The smallest absolute Gasteiger partial charge is 0.303 e. The molecule has 0 amide bonds. The van der Waals surface area contributed by atoms with E-state index in [1.807, 2.05) is 0 Å². The number of aliphatic carboxylic acids is 1. The minimum Gasteiger partial charge on any atom is -0.481 e. The van der Waals surface area contributed by atoms with Gasteiger partial charge in [-0.25, -0.2) is 0 Å². The number of fused-ring (bicyclic) bond motifs is 1. The van der Waals surface area contributed by atoms with Crippen LogP contribution in [0.3, 0.4) is 0 Å². The molecule has 0 bridgehead atoms. The van der Waals surface area contributed by atoms with Gasteiger partial charge in [-0.1, -0.05) is 11.6 Å². The van der Waals surface area contributed by atoms with Gasteiger partial charge in [0.25, 0.3) is 0 Å². The second-order valence-electron chi connectivity index (χ2n) is 6.22. The molecule has 3 heteroatoms. The van der Waals surface area contributed by atoms with Gasteiger partial charge in [0.15, 0.2) is 0 Å². The van der Waals surface area contributed by atoms with E-state index >= 15 is 0 Å². The molecule has 3 N–H and O–H groups in total. The third kappa shape index (κ3) is 1.81. The summed E-state index contributed by atoms with van der Waals surface area (Å²) in [5, 5.41) is 9.01. The average molecular weight is 235 g/mol. The van der Waals surface area contributed by atoms with Crippen LogP contribution in [0.4, 0.5) is 0 Å². The van der Waals surface area contributed by atoms with Crippen LogP contribution in [-0.4, -0.2) is 17.6 Å². The summed E-state index contributed by atoms with van der Waals surface area (Å²) in [6, 6.07) is 0. The minimum atomic E-state index is -0.690. The molecule has 3 aliphatic rings. The predicted molar refractivity (Wildman–Crippen MR) is 65.4 cm³/mol. The van der Waals surface area contributed by atoms with Gasteiger partial charge in [0.1, 0.15) is 0 Å². The van der Waals surface area contributed by atoms with Crippen LogP contribution in [0.15, 0.2) is 11.6 Å². The molecule has 3 aliphatic carbocycles. The number of carboxylic acids is 1. The SMILES string of the molecule is NC[C@]1(CC(=O)O)C[C@H]2C(CC3CC3)=CC[C@H]21. The van der Waals surface area contributed by atoms with Crippen LogP contribution in [0.2, 0.25) is 0 Å². The fraction of sp³-hybridized carbons (Fsp3) is 0.786. The highest BCUT2D eigenvalue weighted by Crippen LogP contribution is 2.61. The monoisotopic (exact) mass is 235 g/mol. The van der Waals surface area contributed by atoms with E-state index in [1.165, 1.54) is 19.3 Å². The Morgan fingerprint density at radius 3 is 2.88 bits per heavy atom. The lowest BCUT2D eigenvalue weighted by Crippen LogP contribution is -2.52. The highest BCUT2D eigenvalue weighted by Gasteiger charge is 2.56. The Morgan fingerprint density at radius 1 is 1.53 bits per heavy atom. The number of carboxylic acid groups (broad SMARTS) is 1. The number of nitrogens with two attached hydrogens (primary N) is 1. The molecule has 0 unspecified atom stereocenters. The number of hydrogen-bond acceptors (Lipinski definition) is 2. The van der Waals surface area contributed by atoms with Crippen molar-refractivity contribution >= 4 is 5.97 Å². The number of hydrogen-bond donors (Lipinski definition) is 2. The maximum atomic E-state index is 11.0. The van der Waals surface area contributed by atoms with Gasteiger partial charge in [0.2, 0.25) is 0 Å². The molecule has 0 radical (unpaired) electrons. The van der Waals surface area contributed by atoms with Gasteiger partial charge in [0, 0.05) is 0 Å². The molecule has 3 nitrogen and oxygen atoms in total. The van der Waals surface area contributed by atoms with Crippen molar-refractivity contribution in [1.82, 2.24) is 0 Å². The van der Waals surface area contributed by atoms with Crippen molar-refractivity contribution in [2.24, 2.45) is 28.9 Å². The van der Waals surface area contributed by atoms with Crippen molar-refractivity contribution in [2.75, 3.05) is 6.54 Å². The summed E-state index contributed by atoms with van der Waals surface area (Å²) in [5.74, 6) is 1.44. The van der Waals surface area contributed by atoms with Crippen molar-refractivity contribution in [2.45, 2.75) is 38.5 Å². The highest BCUT2D eigenvalue weighted by molar-refractivity contribution is 5.68. The molecule has 0 heterocycles. The van der Waals surface area contributed by atoms with E-state index in [2.05, 4.69) is 6.08 Å². The average Bonchev–Trinajstić information content (AvgIpc) is 2.99. The maximum Gasteiger partial charge on any atom is 0.303 e. The highest BCUT2D eigenvalue weighted by atomic mass is 16.4. The summed E-state index contributed by atoms with van der Waals surface area (Å²) in [6.07, 6.45) is 8.78. The fourth-order valence-electron chi connectivity index (χ4n) is 3.93. The topological polar surface area (TPSA) is 63.3 Å². The van der Waals surface area contributed by atoms with Crippen LogP contribution >= 0.6 is 0 Å². The molecule has 0 saturated heterocycles. The van der Waals surface area contributed by atoms with Crippen LogP contribution in [-0.2, 0) is 4.79 Å². The zero-order valence-corrected chi connectivity index (χ0v) is 10.2. The van der Waals surface area contributed by atoms with Crippen LogP contribution < -0.4 is 5.73 Å². The Kier molecular flexibility index (Phi) is 2.54. The molecule has 94 valence electrons. The normalized spacial score (nSPS) is 39.5. The standard InChI is InChI=1S/C14H21NO2/c15-8-14(7-13(16)17)6-11-10(3-4-12(11)14)5-9-1-2-9/h3,9,11-12H,1-2,4-8,15H2,(H,16,17)/t11-,12+,14+/m0/s1. The van der Waals surface area contributed by atoms with Gasteiger partial charge >= 0.3 is 5.97 Å². The predicted octanol–water partition coefficient (Wildman–Crippen LogP) is 2.17. The third-order valence-corrected chi connectivity index (χ3v) is 5.14.